The molecule has 23 heavy (non-hydrogen) atoms. The molecule has 7 nitrogen and oxygen atoms in total. The van der Waals surface area contributed by atoms with E-state index in [1.165, 1.54) is 0 Å². The van der Waals surface area contributed by atoms with Crippen LogP contribution in [0.4, 0.5) is 0 Å². The van der Waals surface area contributed by atoms with Gasteiger partial charge in [-0.05, 0) is 13.3 Å². The van der Waals surface area contributed by atoms with E-state index in [1.807, 2.05) is 22.2 Å². The predicted octanol–water partition coefficient (Wildman–Crippen LogP) is 1.50. The van der Waals surface area contributed by atoms with Gasteiger partial charge in [0.05, 0.1) is 25.5 Å². The number of hydrogen-bond donors (Lipinski definition) is 2. The highest BCUT2D eigenvalue weighted by Gasteiger charge is 2.02. The first-order valence-corrected chi connectivity index (χ1v) is 8.71. The average molecular weight is 339 g/mol. The number of methoxy groups -OCH3 is 1. The van der Waals surface area contributed by atoms with E-state index < -0.39 is 0 Å². The fourth-order valence-corrected chi connectivity index (χ4v) is 2.70. The summed E-state index contributed by atoms with van der Waals surface area (Å²) in [6.07, 6.45) is 4.95. The molecule has 0 fully saturated rings. The molecule has 8 heteroatoms. The van der Waals surface area contributed by atoms with Crippen molar-refractivity contribution in [1.29, 1.82) is 0 Å². The summed E-state index contributed by atoms with van der Waals surface area (Å²) < 4.78 is 12.4. The number of guanidine groups is 1. The van der Waals surface area contributed by atoms with Gasteiger partial charge in [0.1, 0.15) is 0 Å². The molecular weight excluding hydrogens is 314 g/mol. The summed E-state index contributed by atoms with van der Waals surface area (Å²) >= 11 is 1.63. The molecule has 2 rings (SSSR count). The third kappa shape index (κ3) is 6.17. The molecule has 2 heterocycles. The summed E-state index contributed by atoms with van der Waals surface area (Å²) in [6.45, 7) is 6.26. The zero-order valence-electron chi connectivity index (χ0n) is 13.7. The van der Waals surface area contributed by atoms with Crippen LogP contribution in [0.15, 0.2) is 22.8 Å². The van der Waals surface area contributed by atoms with Crippen LogP contribution in [0, 0.1) is 0 Å². The highest BCUT2D eigenvalue weighted by molar-refractivity contribution is 7.15. The molecule has 2 aromatic rings. The van der Waals surface area contributed by atoms with Gasteiger partial charge in [0.25, 0.3) is 0 Å². The Morgan fingerprint density at radius 1 is 1.35 bits per heavy atom. The number of nitrogens with one attached hydrogen (secondary N) is 2. The molecule has 0 saturated carbocycles. The van der Waals surface area contributed by atoms with Gasteiger partial charge in [-0.2, -0.15) is 0 Å². The minimum atomic E-state index is 0.564. The van der Waals surface area contributed by atoms with Crippen molar-refractivity contribution >= 4 is 22.3 Å². The molecule has 128 valence electrons. The minimum absolute atomic E-state index is 0.564. The first-order chi connectivity index (χ1) is 11.3. The average Bonchev–Trinajstić information content (AvgIpc) is 3.13. The number of ether oxygens (including phenoxy) is 2. The fraction of sp³-hybridized carbons (Fsp3) is 0.600. The fourth-order valence-electron chi connectivity index (χ4n) is 1.98. The molecule has 2 N–H and O–H groups in total. The SMILES string of the molecule is CCNC(=NCc1cn2ccsc2n1)NCCCOCCOC. The Hall–Kier alpha value is -1.64. The van der Waals surface area contributed by atoms with Crippen LogP contribution >= 0.6 is 11.3 Å². The highest BCUT2D eigenvalue weighted by Crippen LogP contribution is 2.11. The van der Waals surface area contributed by atoms with E-state index in [4.69, 9.17) is 9.47 Å². The van der Waals surface area contributed by atoms with Crippen molar-refractivity contribution in [2.24, 2.45) is 4.99 Å². The summed E-state index contributed by atoms with van der Waals surface area (Å²) in [5.74, 6) is 0.806. The zero-order valence-corrected chi connectivity index (χ0v) is 14.6. The molecule has 0 aliphatic heterocycles. The third-order valence-electron chi connectivity index (χ3n) is 3.08. The molecule has 0 saturated heterocycles. The quantitative estimate of drug-likeness (QED) is 0.390. The van der Waals surface area contributed by atoms with E-state index >= 15 is 0 Å². The van der Waals surface area contributed by atoms with Crippen LogP contribution in [0.25, 0.3) is 4.96 Å². The van der Waals surface area contributed by atoms with Crippen LogP contribution in [0.1, 0.15) is 19.0 Å². The molecule has 0 aliphatic rings. The van der Waals surface area contributed by atoms with Gasteiger partial charge in [0.15, 0.2) is 10.9 Å². The summed E-state index contributed by atoms with van der Waals surface area (Å²) in [4.78, 5) is 10.1. The second-order valence-electron chi connectivity index (χ2n) is 4.91. The Morgan fingerprint density at radius 3 is 3.04 bits per heavy atom. The minimum Gasteiger partial charge on any atom is -0.382 e. The van der Waals surface area contributed by atoms with Crippen LogP contribution in [-0.2, 0) is 16.0 Å². The molecule has 0 unspecified atom stereocenters. The lowest BCUT2D eigenvalue weighted by molar-refractivity contribution is 0.0698. The smallest absolute Gasteiger partial charge is 0.193 e. The third-order valence-corrected chi connectivity index (χ3v) is 3.85. The van der Waals surface area contributed by atoms with Crippen molar-refractivity contribution in [2.45, 2.75) is 19.9 Å². The van der Waals surface area contributed by atoms with Crippen molar-refractivity contribution in [2.75, 3.05) is 40.0 Å². The van der Waals surface area contributed by atoms with Crippen LogP contribution in [0.5, 0.6) is 0 Å². The number of aromatic nitrogens is 2. The number of rotatable bonds is 10. The molecule has 0 amide bonds. The van der Waals surface area contributed by atoms with Gasteiger partial charge < -0.3 is 20.1 Å². The first kappa shape index (κ1) is 17.7. The van der Waals surface area contributed by atoms with Crippen molar-refractivity contribution in [3.63, 3.8) is 0 Å². The molecule has 0 bridgehead atoms. The number of nitrogens with zero attached hydrogens (tertiary/aromatic N) is 3. The maximum atomic E-state index is 5.43. The van der Waals surface area contributed by atoms with E-state index in [-0.39, 0.29) is 0 Å². The lowest BCUT2D eigenvalue weighted by atomic mass is 10.4. The Kier molecular flexibility index (Phi) is 7.85. The molecule has 0 aliphatic carbocycles. The van der Waals surface area contributed by atoms with Crippen LogP contribution < -0.4 is 10.6 Å². The van der Waals surface area contributed by atoms with Gasteiger partial charge in [-0.3, -0.25) is 4.40 Å². The van der Waals surface area contributed by atoms with Crippen molar-refractivity contribution < 1.29 is 9.47 Å². The first-order valence-electron chi connectivity index (χ1n) is 7.83. The van der Waals surface area contributed by atoms with E-state index in [1.54, 1.807) is 18.4 Å². The normalized spacial score (nSPS) is 12.0. The standard InChI is InChI=1S/C15H25N5O2S/c1-3-16-14(17-5-4-7-22-9-8-21-2)18-11-13-12-20-6-10-23-15(20)19-13/h6,10,12H,3-5,7-9,11H2,1-2H3,(H2,16,17,18). The van der Waals surface area contributed by atoms with E-state index in [0.29, 0.717) is 26.4 Å². The van der Waals surface area contributed by atoms with E-state index in [9.17, 15) is 0 Å². The van der Waals surface area contributed by atoms with E-state index in [2.05, 4.69) is 27.5 Å². The Morgan fingerprint density at radius 2 is 2.26 bits per heavy atom. The molecule has 0 radical (unpaired) electrons. The molecule has 0 aromatic carbocycles. The van der Waals surface area contributed by atoms with Gasteiger partial charge >= 0.3 is 0 Å². The second kappa shape index (κ2) is 10.2. The second-order valence-corrected chi connectivity index (χ2v) is 5.78. The van der Waals surface area contributed by atoms with Gasteiger partial charge in [-0.1, -0.05) is 0 Å². The van der Waals surface area contributed by atoms with Crippen LogP contribution in [0.3, 0.4) is 0 Å². The monoisotopic (exact) mass is 339 g/mol. The largest absolute Gasteiger partial charge is 0.382 e. The van der Waals surface area contributed by atoms with Gasteiger partial charge in [0, 0.05) is 44.6 Å². The summed E-state index contributed by atoms with van der Waals surface area (Å²) in [5.41, 5.74) is 0.969. The lowest BCUT2D eigenvalue weighted by Crippen LogP contribution is -2.38. The van der Waals surface area contributed by atoms with Crippen LogP contribution in [0.2, 0.25) is 0 Å². The van der Waals surface area contributed by atoms with Gasteiger partial charge in [-0.25, -0.2) is 9.98 Å². The summed E-state index contributed by atoms with van der Waals surface area (Å²) in [5, 5.41) is 8.57. The lowest BCUT2D eigenvalue weighted by Gasteiger charge is -2.11. The number of imidazole rings is 1. The van der Waals surface area contributed by atoms with Crippen molar-refractivity contribution in [3.8, 4) is 0 Å². The predicted molar refractivity (Wildman–Crippen MR) is 93.2 cm³/mol. The number of hydrogen-bond acceptors (Lipinski definition) is 5. The van der Waals surface area contributed by atoms with Gasteiger partial charge in [0.2, 0.25) is 0 Å². The molecule has 2 aromatic heterocycles. The molecule has 0 spiro atoms. The summed E-state index contributed by atoms with van der Waals surface area (Å²) in [6, 6.07) is 0. The topological polar surface area (TPSA) is 72.2 Å². The van der Waals surface area contributed by atoms with Crippen LogP contribution in [-0.4, -0.2) is 55.4 Å². The molecule has 0 atom stereocenters. The number of fused-ring (bicyclic) bond motifs is 1. The van der Waals surface area contributed by atoms with Crippen molar-refractivity contribution in [1.82, 2.24) is 20.0 Å². The Bertz CT molecular complexity index is 567. The van der Waals surface area contributed by atoms with E-state index in [0.717, 1.165) is 36.1 Å². The number of aliphatic imine (C=N–C) groups is 1. The highest BCUT2D eigenvalue weighted by atomic mass is 32.1. The molecular formula is C15H25N5O2S. The van der Waals surface area contributed by atoms with Gasteiger partial charge in [-0.15, -0.1) is 11.3 Å². The summed E-state index contributed by atoms with van der Waals surface area (Å²) in [7, 11) is 1.67. The maximum Gasteiger partial charge on any atom is 0.193 e. The Balaban J connectivity index is 1.72. The number of thiazole rings is 1. The Labute approximate surface area is 140 Å². The van der Waals surface area contributed by atoms with Crippen molar-refractivity contribution in [3.05, 3.63) is 23.5 Å². The maximum absolute atomic E-state index is 5.43. The zero-order chi connectivity index (χ0) is 16.3.